The number of para-hydroxylation sites is 1. The predicted octanol–water partition coefficient (Wildman–Crippen LogP) is 4.88. The van der Waals surface area contributed by atoms with Gasteiger partial charge in [-0.25, -0.2) is 9.37 Å². The van der Waals surface area contributed by atoms with Gasteiger partial charge in [0.05, 0.1) is 0 Å². The Labute approximate surface area is 117 Å². The molecule has 0 aliphatic carbocycles. The topological polar surface area (TPSA) is 22.1 Å². The Hall–Kier alpha value is -1.61. The molecule has 2 rings (SSSR count). The van der Waals surface area contributed by atoms with E-state index in [2.05, 4.69) is 4.98 Å². The van der Waals surface area contributed by atoms with Crippen molar-refractivity contribution in [3.8, 4) is 11.6 Å². The van der Waals surface area contributed by atoms with E-state index in [1.165, 1.54) is 6.07 Å². The minimum atomic E-state index is -0.410. The molecule has 1 aromatic heterocycles. The van der Waals surface area contributed by atoms with Gasteiger partial charge >= 0.3 is 0 Å². The first kappa shape index (κ1) is 13.8. The van der Waals surface area contributed by atoms with E-state index in [-0.39, 0.29) is 11.7 Å². The molecule has 0 N–H and O–H groups in total. The number of halogens is 2. The molecule has 2 nitrogen and oxygen atoms in total. The fraction of sp³-hybridized carbons (Fsp3) is 0.267. The molecule has 0 saturated carbocycles. The molecule has 4 heteroatoms. The Bertz CT molecular complexity index is 572. The lowest BCUT2D eigenvalue weighted by atomic mass is 10.1. The van der Waals surface area contributed by atoms with Crippen molar-refractivity contribution in [2.75, 3.05) is 0 Å². The van der Waals surface area contributed by atoms with Gasteiger partial charge in [-0.3, -0.25) is 0 Å². The zero-order chi connectivity index (χ0) is 13.8. The van der Waals surface area contributed by atoms with Crippen LogP contribution in [0.1, 0.15) is 31.0 Å². The molecule has 0 radical (unpaired) electrons. The lowest BCUT2D eigenvalue weighted by molar-refractivity contribution is 0.425. The van der Waals surface area contributed by atoms with Gasteiger partial charge in [0.25, 0.3) is 0 Å². The van der Waals surface area contributed by atoms with Crippen molar-refractivity contribution < 1.29 is 9.13 Å². The van der Waals surface area contributed by atoms with Crippen LogP contribution in [0.5, 0.6) is 11.6 Å². The summed E-state index contributed by atoms with van der Waals surface area (Å²) in [6, 6.07) is 9.91. The number of aromatic nitrogens is 1. The van der Waals surface area contributed by atoms with E-state index >= 15 is 0 Å². The highest BCUT2D eigenvalue weighted by Gasteiger charge is 2.09. The monoisotopic (exact) mass is 279 g/mol. The molecule has 0 amide bonds. The van der Waals surface area contributed by atoms with Crippen molar-refractivity contribution >= 4 is 11.6 Å². The first-order valence-corrected chi connectivity index (χ1v) is 6.63. The van der Waals surface area contributed by atoms with Gasteiger partial charge < -0.3 is 4.74 Å². The van der Waals surface area contributed by atoms with Crippen LogP contribution in [0.15, 0.2) is 36.4 Å². The number of alkyl halides is 1. The molecular weight excluding hydrogens is 265 g/mol. The molecule has 1 aromatic carbocycles. The summed E-state index contributed by atoms with van der Waals surface area (Å²) in [5.41, 5.74) is 1.79. The van der Waals surface area contributed by atoms with Crippen LogP contribution in [0.4, 0.5) is 4.39 Å². The Morgan fingerprint density at radius 3 is 2.63 bits per heavy atom. The maximum absolute atomic E-state index is 13.5. The zero-order valence-corrected chi connectivity index (χ0v) is 11.6. The quantitative estimate of drug-likeness (QED) is 0.745. The lowest BCUT2D eigenvalue weighted by Crippen LogP contribution is -1.98. The molecular formula is C15H15ClFNO. The Morgan fingerprint density at radius 1 is 1.26 bits per heavy atom. The van der Waals surface area contributed by atoms with E-state index < -0.39 is 5.82 Å². The fourth-order valence-corrected chi connectivity index (χ4v) is 1.80. The van der Waals surface area contributed by atoms with Crippen molar-refractivity contribution in [3.05, 3.63) is 53.5 Å². The second kappa shape index (κ2) is 6.02. The van der Waals surface area contributed by atoms with Crippen LogP contribution in [0.3, 0.4) is 0 Å². The average molecular weight is 280 g/mol. The third-order valence-corrected chi connectivity index (χ3v) is 2.99. The molecule has 0 fully saturated rings. The molecule has 2 aromatic rings. The SMILES string of the molecule is CC(C)c1cc(CCl)cc(Oc2ccccc2F)n1. The van der Waals surface area contributed by atoms with Crippen LogP contribution in [0.2, 0.25) is 0 Å². The molecule has 0 unspecified atom stereocenters. The second-order valence-corrected chi connectivity index (χ2v) is 4.83. The predicted molar refractivity (Wildman–Crippen MR) is 74.4 cm³/mol. The molecule has 0 atom stereocenters. The number of pyridine rings is 1. The van der Waals surface area contributed by atoms with E-state index in [0.717, 1.165) is 11.3 Å². The van der Waals surface area contributed by atoms with Crippen LogP contribution in [0, 0.1) is 5.82 Å². The summed E-state index contributed by atoms with van der Waals surface area (Å²) in [5.74, 6) is 0.747. The zero-order valence-electron chi connectivity index (χ0n) is 10.9. The summed E-state index contributed by atoms with van der Waals surface area (Å²) in [6.07, 6.45) is 0. The van der Waals surface area contributed by atoms with E-state index in [9.17, 15) is 4.39 Å². The van der Waals surface area contributed by atoms with E-state index in [1.807, 2.05) is 19.9 Å². The Balaban J connectivity index is 2.34. The number of ether oxygens (including phenoxy) is 1. The number of hydrogen-bond donors (Lipinski definition) is 0. The highest BCUT2D eigenvalue weighted by molar-refractivity contribution is 6.17. The average Bonchev–Trinajstić information content (AvgIpc) is 2.41. The van der Waals surface area contributed by atoms with Gasteiger partial charge in [0.15, 0.2) is 11.6 Å². The number of rotatable bonds is 4. The molecule has 0 bridgehead atoms. The van der Waals surface area contributed by atoms with Crippen LogP contribution in [0.25, 0.3) is 0 Å². The van der Waals surface area contributed by atoms with Crippen molar-refractivity contribution in [3.63, 3.8) is 0 Å². The van der Waals surface area contributed by atoms with Crippen LogP contribution in [-0.4, -0.2) is 4.98 Å². The summed E-state index contributed by atoms with van der Waals surface area (Å²) < 4.78 is 19.0. The van der Waals surface area contributed by atoms with Crippen LogP contribution < -0.4 is 4.74 Å². The maximum atomic E-state index is 13.5. The highest BCUT2D eigenvalue weighted by Crippen LogP contribution is 2.26. The number of nitrogens with zero attached hydrogens (tertiary/aromatic N) is 1. The van der Waals surface area contributed by atoms with E-state index in [4.69, 9.17) is 16.3 Å². The summed E-state index contributed by atoms with van der Waals surface area (Å²) in [6.45, 7) is 4.07. The molecule has 0 aliphatic rings. The van der Waals surface area contributed by atoms with Gasteiger partial charge in [-0.1, -0.05) is 26.0 Å². The summed E-state index contributed by atoms with van der Waals surface area (Å²) >= 11 is 5.85. The fourth-order valence-electron chi connectivity index (χ4n) is 1.65. The maximum Gasteiger partial charge on any atom is 0.219 e. The van der Waals surface area contributed by atoms with Crippen molar-refractivity contribution in [2.24, 2.45) is 0 Å². The van der Waals surface area contributed by atoms with E-state index in [1.54, 1.807) is 24.3 Å². The molecule has 0 spiro atoms. The standard InChI is InChI=1S/C15H15ClFNO/c1-10(2)13-7-11(9-16)8-15(18-13)19-14-6-4-3-5-12(14)17/h3-8,10H,9H2,1-2H3. The Kier molecular flexibility index (Phi) is 4.38. The first-order valence-electron chi connectivity index (χ1n) is 6.09. The molecule has 100 valence electrons. The molecule has 0 saturated heterocycles. The summed E-state index contributed by atoms with van der Waals surface area (Å²) in [7, 11) is 0. The van der Waals surface area contributed by atoms with Crippen LogP contribution in [-0.2, 0) is 5.88 Å². The smallest absolute Gasteiger partial charge is 0.219 e. The minimum Gasteiger partial charge on any atom is -0.436 e. The first-order chi connectivity index (χ1) is 9.10. The van der Waals surface area contributed by atoms with Crippen molar-refractivity contribution in [1.82, 2.24) is 4.98 Å². The molecule has 19 heavy (non-hydrogen) atoms. The molecule has 0 aliphatic heterocycles. The minimum absolute atomic E-state index is 0.163. The highest BCUT2D eigenvalue weighted by atomic mass is 35.5. The van der Waals surface area contributed by atoms with Crippen LogP contribution >= 0.6 is 11.6 Å². The summed E-state index contributed by atoms with van der Waals surface area (Å²) in [4.78, 5) is 4.37. The van der Waals surface area contributed by atoms with Gasteiger partial charge in [-0.15, -0.1) is 11.6 Å². The van der Waals surface area contributed by atoms with Crippen molar-refractivity contribution in [1.29, 1.82) is 0 Å². The van der Waals surface area contributed by atoms with Gasteiger partial charge in [0.1, 0.15) is 0 Å². The van der Waals surface area contributed by atoms with Gasteiger partial charge in [0, 0.05) is 17.6 Å². The van der Waals surface area contributed by atoms with Gasteiger partial charge in [-0.05, 0) is 29.7 Å². The number of benzene rings is 1. The second-order valence-electron chi connectivity index (χ2n) is 4.56. The van der Waals surface area contributed by atoms with Crippen molar-refractivity contribution in [2.45, 2.75) is 25.6 Å². The Morgan fingerprint density at radius 2 is 2.00 bits per heavy atom. The normalized spacial score (nSPS) is 10.8. The van der Waals surface area contributed by atoms with E-state index in [0.29, 0.717) is 11.8 Å². The third-order valence-electron chi connectivity index (χ3n) is 2.68. The lowest BCUT2D eigenvalue weighted by Gasteiger charge is -2.11. The summed E-state index contributed by atoms with van der Waals surface area (Å²) in [5, 5.41) is 0. The third kappa shape index (κ3) is 3.44. The van der Waals surface area contributed by atoms with Gasteiger partial charge in [0.2, 0.25) is 5.88 Å². The number of hydrogen-bond acceptors (Lipinski definition) is 2. The van der Waals surface area contributed by atoms with Gasteiger partial charge in [-0.2, -0.15) is 0 Å². The molecule has 1 heterocycles. The largest absolute Gasteiger partial charge is 0.436 e.